The molecule has 0 amide bonds. The van der Waals surface area contributed by atoms with Gasteiger partial charge in [0.25, 0.3) is 0 Å². The van der Waals surface area contributed by atoms with Gasteiger partial charge < -0.3 is 0 Å². The van der Waals surface area contributed by atoms with Crippen molar-refractivity contribution in [1.29, 1.82) is 0 Å². The highest BCUT2D eigenvalue weighted by Gasteiger charge is 2.11. The molecule has 116 valence electrons. The Morgan fingerprint density at radius 1 is 0.783 bits per heavy atom. The zero-order valence-electron chi connectivity index (χ0n) is 15.7. The minimum atomic E-state index is -1.44. The molecule has 0 spiro atoms. The van der Waals surface area contributed by atoms with Crippen molar-refractivity contribution in [2.24, 2.45) is 5.41 Å². The van der Waals surface area contributed by atoms with Crippen LogP contribution in [0.5, 0.6) is 0 Å². The third-order valence-electron chi connectivity index (χ3n) is 3.41. The molecule has 1 aromatic carbocycles. The number of benzene rings is 1. The third-order valence-corrected chi connectivity index (χ3v) is 3.41. The highest BCUT2D eigenvalue weighted by Crippen LogP contribution is 2.23. The summed E-state index contributed by atoms with van der Waals surface area (Å²) in [6.07, 6.45) is 2.00. The number of hydrogen-bond donors (Lipinski definition) is 0. The lowest BCUT2D eigenvalue weighted by atomic mass is 9.89. The third kappa shape index (κ3) is 4.04. The maximum atomic E-state index is 8.33. The van der Waals surface area contributed by atoms with E-state index in [2.05, 4.69) is 9.97 Å². The Hall–Kier alpha value is -2.48. The summed E-state index contributed by atoms with van der Waals surface area (Å²) in [6.45, 7) is 5.69. The largest absolute Gasteiger partial charge is 0.256 e. The van der Waals surface area contributed by atoms with Crippen LogP contribution in [0.1, 0.15) is 29.1 Å². The molecule has 2 nitrogen and oxygen atoms in total. The van der Waals surface area contributed by atoms with Gasteiger partial charge in [-0.3, -0.25) is 9.97 Å². The fourth-order valence-electron chi connectivity index (χ4n) is 2.40. The predicted octanol–water partition coefficient (Wildman–Crippen LogP) is 5.40. The van der Waals surface area contributed by atoms with E-state index in [0.29, 0.717) is 5.56 Å². The standard InChI is InChI=1S/C21H22N2/c1-21(2,3)13-16-9-11-20(22-14-16)18-10-12-19(23-15-18)17-7-5-4-6-8-17/h4-12,14-15H,13H2,1-3H3/i13D2. The monoisotopic (exact) mass is 304 g/mol. The summed E-state index contributed by atoms with van der Waals surface area (Å²) in [6, 6.07) is 17.7. The first-order valence-corrected chi connectivity index (χ1v) is 7.77. The molecule has 0 bridgehead atoms. The minimum absolute atomic E-state index is 0.491. The second-order valence-electron chi connectivity index (χ2n) is 6.61. The van der Waals surface area contributed by atoms with Crippen molar-refractivity contribution in [3.8, 4) is 22.5 Å². The van der Waals surface area contributed by atoms with Crippen LogP contribution in [0.3, 0.4) is 0 Å². The van der Waals surface area contributed by atoms with Gasteiger partial charge in [-0.2, -0.15) is 0 Å². The number of rotatable bonds is 3. The van der Waals surface area contributed by atoms with Crippen molar-refractivity contribution >= 4 is 0 Å². The maximum Gasteiger partial charge on any atom is 0.0717 e. The summed E-state index contributed by atoms with van der Waals surface area (Å²) in [4.78, 5) is 8.97. The van der Waals surface area contributed by atoms with Crippen LogP contribution in [-0.2, 0) is 6.37 Å². The topological polar surface area (TPSA) is 25.8 Å². The van der Waals surface area contributed by atoms with E-state index >= 15 is 0 Å². The van der Waals surface area contributed by atoms with Gasteiger partial charge in [-0.1, -0.05) is 57.2 Å². The van der Waals surface area contributed by atoms with E-state index in [0.717, 1.165) is 22.5 Å². The summed E-state index contributed by atoms with van der Waals surface area (Å²) in [7, 11) is 0. The van der Waals surface area contributed by atoms with Gasteiger partial charge in [0.15, 0.2) is 0 Å². The highest BCUT2D eigenvalue weighted by molar-refractivity contribution is 5.64. The molecule has 0 aliphatic carbocycles. The second-order valence-corrected chi connectivity index (χ2v) is 6.61. The van der Waals surface area contributed by atoms with Gasteiger partial charge in [0.1, 0.15) is 0 Å². The first-order valence-electron chi connectivity index (χ1n) is 8.77. The van der Waals surface area contributed by atoms with E-state index in [1.807, 2.05) is 81.6 Å². The summed E-state index contributed by atoms with van der Waals surface area (Å²) in [5.41, 5.74) is 3.82. The number of aromatic nitrogens is 2. The van der Waals surface area contributed by atoms with Crippen LogP contribution in [0.2, 0.25) is 0 Å². The van der Waals surface area contributed by atoms with Crippen molar-refractivity contribution in [3.05, 3.63) is 72.6 Å². The molecule has 0 radical (unpaired) electrons. The summed E-state index contributed by atoms with van der Waals surface area (Å²) in [5, 5.41) is 0. The quantitative estimate of drug-likeness (QED) is 0.647. The van der Waals surface area contributed by atoms with Crippen LogP contribution in [0.25, 0.3) is 22.5 Å². The molecule has 0 aliphatic rings. The van der Waals surface area contributed by atoms with Crippen LogP contribution < -0.4 is 0 Å². The van der Waals surface area contributed by atoms with E-state index in [4.69, 9.17) is 2.74 Å². The molecular formula is C21H22N2. The molecule has 0 N–H and O–H groups in total. The molecule has 0 atom stereocenters. The Bertz CT molecular complexity index is 834. The van der Waals surface area contributed by atoms with Crippen LogP contribution in [0, 0.1) is 5.41 Å². The van der Waals surface area contributed by atoms with Crippen molar-refractivity contribution in [2.45, 2.75) is 27.1 Å². The van der Waals surface area contributed by atoms with Gasteiger partial charge in [0, 0.05) is 26.3 Å². The Labute approximate surface area is 141 Å². The molecule has 3 aromatic rings. The molecule has 23 heavy (non-hydrogen) atoms. The molecule has 2 aromatic heterocycles. The Morgan fingerprint density at radius 3 is 2.00 bits per heavy atom. The normalized spacial score (nSPS) is 13.3. The smallest absolute Gasteiger partial charge is 0.0717 e. The van der Waals surface area contributed by atoms with Gasteiger partial charge in [-0.25, -0.2) is 0 Å². The Morgan fingerprint density at radius 2 is 1.43 bits per heavy atom. The average molecular weight is 304 g/mol. The molecule has 0 aliphatic heterocycles. The van der Waals surface area contributed by atoms with Crippen molar-refractivity contribution in [3.63, 3.8) is 0 Å². The fourth-order valence-corrected chi connectivity index (χ4v) is 2.40. The Kier molecular flexibility index (Phi) is 3.58. The SMILES string of the molecule is [2H]C([2H])(c1ccc(-c2ccc(-c3ccccc3)nc2)nc1)C(C)(C)C. The molecule has 3 rings (SSSR count). The molecule has 2 heterocycles. The second kappa shape index (κ2) is 6.33. The zero-order chi connectivity index (χ0) is 18.1. The molecule has 0 unspecified atom stereocenters. The van der Waals surface area contributed by atoms with Crippen LogP contribution in [0.15, 0.2) is 67.0 Å². The van der Waals surface area contributed by atoms with Crippen molar-refractivity contribution < 1.29 is 2.74 Å². The van der Waals surface area contributed by atoms with Crippen molar-refractivity contribution in [1.82, 2.24) is 9.97 Å². The first-order chi connectivity index (χ1) is 11.8. The van der Waals surface area contributed by atoms with E-state index < -0.39 is 11.8 Å². The van der Waals surface area contributed by atoms with Crippen molar-refractivity contribution in [2.75, 3.05) is 0 Å². The minimum Gasteiger partial charge on any atom is -0.256 e. The number of hydrogen-bond acceptors (Lipinski definition) is 2. The lowest BCUT2D eigenvalue weighted by molar-refractivity contribution is 0.411. The lowest BCUT2D eigenvalue weighted by Crippen LogP contribution is -2.09. The number of pyridine rings is 2. The van der Waals surface area contributed by atoms with Crippen LogP contribution in [0.4, 0.5) is 0 Å². The maximum absolute atomic E-state index is 8.33. The van der Waals surface area contributed by atoms with Crippen LogP contribution in [-0.4, -0.2) is 9.97 Å². The van der Waals surface area contributed by atoms with Crippen LogP contribution >= 0.6 is 0 Å². The predicted molar refractivity (Wildman–Crippen MR) is 96.1 cm³/mol. The number of nitrogens with zero attached hydrogens (tertiary/aromatic N) is 2. The molecule has 0 saturated carbocycles. The van der Waals surface area contributed by atoms with Gasteiger partial charge in [0.2, 0.25) is 0 Å². The molecule has 2 heteroatoms. The highest BCUT2D eigenvalue weighted by atomic mass is 14.7. The lowest BCUT2D eigenvalue weighted by Gasteiger charge is -2.17. The summed E-state index contributed by atoms with van der Waals surface area (Å²) < 4.78 is 16.7. The zero-order valence-corrected chi connectivity index (χ0v) is 13.7. The van der Waals surface area contributed by atoms with E-state index in [1.165, 1.54) is 0 Å². The first kappa shape index (κ1) is 13.0. The molecular weight excluding hydrogens is 280 g/mol. The molecule has 0 fully saturated rings. The van der Waals surface area contributed by atoms with E-state index in [-0.39, 0.29) is 0 Å². The molecule has 0 saturated heterocycles. The summed E-state index contributed by atoms with van der Waals surface area (Å²) >= 11 is 0. The van der Waals surface area contributed by atoms with E-state index in [1.54, 1.807) is 6.20 Å². The average Bonchev–Trinajstić information content (AvgIpc) is 2.62. The van der Waals surface area contributed by atoms with Gasteiger partial charge in [-0.15, -0.1) is 0 Å². The van der Waals surface area contributed by atoms with E-state index in [9.17, 15) is 0 Å². The van der Waals surface area contributed by atoms with Gasteiger partial charge in [-0.05, 0) is 35.6 Å². The van der Waals surface area contributed by atoms with Gasteiger partial charge >= 0.3 is 0 Å². The van der Waals surface area contributed by atoms with Gasteiger partial charge in [0.05, 0.1) is 11.4 Å². The Balaban J connectivity index is 1.86. The summed E-state index contributed by atoms with van der Waals surface area (Å²) in [5.74, 6) is 0. The fraction of sp³-hybridized carbons (Fsp3) is 0.238.